The molecule has 1 aromatic heterocycles. The van der Waals surface area contributed by atoms with Crippen molar-refractivity contribution < 1.29 is 9.21 Å². The summed E-state index contributed by atoms with van der Waals surface area (Å²) in [5.74, 6) is 0.142. The highest BCUT2D eigenvalue weighted by atomic mass is 16.3. The Balaban J connectivity index is 2.10. The third kappa shape index (κ3) is 2.07. The normalized spacial score (nSPS) is 10.9. The monoisotopic (exact) mass is 265 g/mol. The standard InChI is InChI=1S/C17H15NO2/c1-10-4-6-15-12(7-10)9-16(20-15)17(19)13-8-11(2)3-5-14(13)18/h3-9H,18H2,1-2H3. The van der Waals surface area contributed by atoms with Crippen LogP contribution >= 0.6 is 0 Å². The molecule has 2 N–H and O–H groups in total. The SMILES string of the molecule is Cc1ccc(N)c(C(=O)c2cc3cc(C)ccc3o2)c1. The van der Waals surface area contributed by atoms with E-state index < -0.39 is 0 Å². The van der Waals surface area contributed by atoms with Crippen molar-refractivity contribution in [1.82, 2.24) is 0 Å². The largest absolute Gasteiger partial charge is 0.453 e. The Morgan fingerprint density at radius 2 is 1.70 bits per heavy atom. The van der Waals surface area contributed by atoms with Crippen molar-refractivity contribution in [2.75, 3.05) is 5.73 Å². The Hall–Kier alpha value is -2.55. The van der Waals surface area contributed by atoms with Gasteiger partial charge in [-0.2, -0.15) is 0 Å². The highest BCUT2D eigenvalue weighted by Crippen LogP contribution is 2.24. The maximum absolute atomic E-state index is 12.5. The Bertz CT molecular complexity index is 815. The predicted octanol–water partition coefficient (Wildman–Crippen LogP) is 3.86. The van der Waals surface area contributed by atoms with E-state index in [9.17, 15) is 4.79 Å². The molecule has 0 bridgehead atoms. The lowest BCUT2D eigenvalue weighted by molar-refractivity contribution is 0.101. The van der Waals surface area contributed by atoms with Gasteiger partial charge in [0.25, 0.3) is 0 Å². The first-order chi connectivity index (χ1) is 9.54. The Kier molecular flexibility index (Phi) is 2.83. The van der Waals surface area contributed by atoms with E-state index in [4.69, 9.17) is 10.2 Å². The van der Waals surface area contributed by atoms with Gasteiger partial charge in [0, 0.05) is 16.6 Å². The van der Waals surface area contributed by atoms with Gasteiger partial charge in [-0.25, -0.2) is 0 Å². The number of carbonyl (C=O) groups excluding carboxylic acids is 1. The number of rotatable bonds is 2. The molecule has 0 aliphatic rings. The van der Waals surface area contributed by atoms with E-state index in [-0.39, 0.29) is 5.78 Å². The van der Waals surface area contributed by atoms with E-state index in [2.05, 4.69) is 0 Å². The lowest BCUT2D eigenvalue weighted by Gasteiger charge is -2.03. The van der Waals surface area contributed by atoms with Crippen LogP contribution in [0.4, 0.5) is 5.69 Å². The maximum Gasteiger partial charge on any atom is 0.230 e. The quantitative estimate of drug-likeness (QED) is 0.565. The topological polar surface area (TPSA) is 56.2 Å². The summed E-state index contributed by atoms with van der Waals surface area (Å²) in [4.78, 5) is 12.5. The van der Waals surface area contributed by atoms with Crippen LogP contribution in [0.25, 0.3) is 11.0 Å². The van der Waals surface area contributed by atoms with Gasteiger partial charge in [0.15, 0.2) is 5.76 Å². The first-order valence-corrected chi connectivity index (χ1v) is 6.45. The van der Waals surface area contributed by atoms with E-state index in [0.717, 1.165) is 16.5 Å². The Morgan fingerprint density at radius 1 is 1.00 bits per heavy atom. The van der Waals surface area contributed by atoms with Gasteiger partial charge in [0.05, 0.1) is 0 Å². The highest BCUT2D eigenvalue weighted by Gasteiger charge is 2.17. The minimum absolute atomic E-state index is 0.181. The second-order valence-corrected chi connectivity index (χ2v) is 5.07. The summed E-state index contributed by atoms with van der Waals surface area (Å²) >= 11 is 0. The zero-order valence-electron chi connectivity index (χ0n) is 11.4. The fraction of sp³-hybridized carbons (Fsp3) is 0.118. The van der Waals surface area contributed by atoms with Gasteiger partial charge in [-0.1, -0.05) is 23.3 Å². The summed E-state index contributed by atoms with van der Waals surface area (Å²) in [5, 5.41) is 0.930. The molecule has 0 saturated carbocycles. The Morgan fingerprint density at radius 3 is 2.50 bits per heavy atom. The van der Waals surface area contributed by atoms with Gasteiger partial charge in [0.2, 0.25) is 5.78 Å². The van der Waals surface area contributed by atoms with Crippen LogP contribution in [0.1, 0.15) is 27.2 Å². The summed E-state index contributed by atoms with van der Waals surface area (Å²) in [6.07, 6.45) is 0. The second kappa shape index (κ2) is 4.53. The number of nitrogens with two attached hydrogens (primary N) is 1. The van der Waals surface area contributed by atoms with Gasteiger partial charge in [-0.05, 0) is 44.2 Å². The van der Waals surface area contributed by atoms with Gasteiger partial charge < -0.3 is 10.2 Å². The molecule has 0 spiro atoms. The molecular formula is C17H15NO2. The minimum atomic E-state index is -0.181. The van der Waals surface area contributed by atoms with Crippen molar-refractivity contribution in [1.29, 1.82) is 0 Å². The molecule has 3 nitrogen and oxygen atoms in total. The number of aryl methyl sites for hydroxylation is 2. The molecule has 3 heteroatoms. The third-order valence-corrected chi connectivity index (χ3v) is 3.35. The molecule has 0 radical (unpaired) electrons. The number of furan rings is 1. The first-order valence-electron chi connectivity index (χ1n) is 6.45. The first kappa shape index (κ1) is 12.5. The lowest BCUT2D eigenvalue weighted by atomic mass is 10.0. The minimum Gasteiger partial charge on any atom is -0.453 e. The third-order valence-electron chi connectivity index (χ3n) is 3.35. The number of benzene rings is 2. The fourth-order valence-electron chi connectivity index (χ4n) is 2.27. The van der Waals surface area contributed by atoms with E-state index in [0.29, 0.717) is 22.6 Å². The van der Waals surface area contributed by atoms with Crippen molar-refractivity contribution in [3.8, 4) is 0 Å². The zero-order valence-corrected chi connectivity index (χ0v) is 11.4. The van der Waals surface area contributed by atoms with Crippen molar-refractivity contribution in [3.05, 3.63) is 64.9 Å². The second-order valence-electron chi connectivity index (χ2n) is 5.07. The molecule has 0 saturated heterocycles. The summed E-state index contributed by atoms with van der Waals surface area (Å²) in [7, 11) is 0. The molecule has 3 aromatic rings. The molecule has 100 valence electrons. The van der Waals surface area contributed by atoms with Crippen molar-refractivity contribution in [3.63, 3.8) is 0 Å². The number of hydrogen-bond donors (Lipinski definition) is 1. The number of anilines is 1. The van der Waals surface area contributed by atoms with Crippen LogP contribution in [0.2, 0.25) is 0 Å². The average Bonchev–Trinajstić information content (AvgIpc) is 2.83. The molecule has 0 unspecified atom stereocenters. The molecule has 2 aromatic carbocycles. The lowest BCUT2D eigenvalue weighted by Crippen LogP contribution is -2.04. The van der Waals surface area contributed by atoms with Crippen LogP contribution in [0.15, 0.2) is 46.9 Å². The Labute approximate surface area is 117 Å². The molecule has 20 heavy (non-hydrogen) atoms. The van der Waals surface area contributed by atoms with E-state index in [1.54, 1.807) is 18.2 Å². The van der Waals surface area contributed by atoms with Crippen LogP contribution in [-0.2, 0) is 0 Å². The van der Waals surface area contributed by atoms with Crippen molar-refractivity contribution >= 4 is 22.4 Å². The molecule has 0 atom stereocenters. The molecular weight excluding hydrogens is 250 g/mol. The molecule has 0 amide bonds. The van der Waals surface area contributed by atoms with Crippen LogP contribution < -0.4 is 5.73 Å². The van der Waals surface area contributed by atoms with Gasteiger partial charge in [-0.3, -0.25) is 4.79 Å². The summed E-state index contributed by atoms with van der Waals surface area (Å²) in [5.41, 5.74) is 9.68. The summed E-state index contributed by atoms with van der Waals surface area (Å²) < 4.78 is 5.63. The van der Waals surface area contributed by atoms with Crippen molar-refractivity contribution in [2.24, 2.45) is 0 Å². The number of hydrogen-bond acceptors (Lipinski definition) is 3. The average molecular weight is 265 g/mol. The van der Waals surface area contributed by atoms with E-state index in [1.165, 1.54) is 0 Å². The predicted molar refractivity (Wildman–Crippen MR) is 80.0 cm³/mol. The zero-order chi connectivity index (χ0) is 14.3. The smallest absolute Gasteiger partial charge is 0.230 e. The molecule has 3 rings (SSSR count). The number of ketones is 1. The van der Waals surface area contributed by atoms with Gasteiger partial charge in [0.1, 0.15) is 5.58 Å². The molecule has 1 heterocycles. The summed E-state index contributed by atoms with van der Waals surface area (Å²) in [6, 6.07) is 13.0. The van der Waals surface area contributed by atoms with Gasteiger partial charge >= 0.3 is 0 Å². The summed E-state index contributed by atoms with van der Waals surface area (Å²) in [6.45, 7) is 3.94. The van der Waals surface area contributed by atoms with E-state index >= 15 is 0 Å². The van der Waals surface area contributed by atoms with Crippen LogP contribution in [0.3, 0.4) is 0 Å². The van der Waals surface area contributed by atoms with Gasteiger partial charge in [-0.15, -0.1) is 0 Å². The van der Waals surface area contributed by atoms with E-state index in [1.807, 2.05) is 38.1 Å². The molecule has 0 aliphatic carbocycles. The van der Waals surface area contributed by atoms with Crippen LogP contribution in [0.5, 0.6) is 0 Å². The molecule has 0 aliphatic heterocycles. The van der Waals surface area contributed by atoms with Crippen LogP contribution in [-0.4, -0.2) is 5.78 Å². The molecule has 0 fully saturated rings. The van der Waals surface area contributed by atoms with Crippen molar-refractivity contribution in [2.45, 2.75) is 13.8 Å². The number of fused-ring (bicyclic) bond motifs is 1. The number of nitrogen functional groups attached to an aromatic ring is 1. The fourth-order valence-corrected chi connectivity index (χ4v) is 2.27. The maximum atomic E-state index is 12.5. The number of carbonyl (C=O) groups is 1. The van der Waals surface area contributed by atoms with Crippen LogP contribution in [0, 0.1) is 13.8 Å². The highest BCUT2D eigenvalue weighted by molar-refractivity contribution is 6.12.